The standard InChI is InChI=1S/C17H15NO2/c1-9-8-10-6-7-11(9)15-14(10)17(19)13-5-3-2-4-12(13)16(15)18-20/h2-5,8,10-11,19H,6-7H2,1H3/t10-,11+/m0/s1. The molecule has 3 heteroatoms. The van der Waals surface area contributed by atoms with Crippen LogP contribution in [0.1, 0.15) is 42.7 Å². The second-order valence-corrected chi connectivity index (χ2v) is 5.81. The smallest absolute Gasteiger partial charge is 0.127 e. The number of aromatic hydroxyl groups is 1. The van der Waals surface area contributed by atoms with Crippen molar-refractivity contribution in [1.82, 2.24) is 0 Å². The van der Waals surface area contributed by atoms with Gasteiger partial charge in [0.2, 0.25) is 0 Å². The molecule has 0 fully saturated rings. The Morgan fingerprint density at radius 2 is 1.90 bits per heavy atom. The van der Waals surface area contributed by atoms with Gasteiger partial charge in [0.15, 0.2) is 0 Å². The topological polar surface area (TPSA) is 49.7 Å². The summed E-state index contributed by atoms with van der Waals surface area (Å²) in [4.78, 5) is 11.4. The van der Waals surface area contributed by atoms with Crippen LogP contribution in [0.3, 0.4) is 0 Å². The molecule has 20 heavy (non-hydrogen) atoms. The molecule has 0 saturated carbocycles. The minimum absolute atomic E-state index is 0.222. The lowest BCUT2D eigenvalue weighted by molar-refractivity contribution is 0.449. The molecule has 0 amide bonds. The number of nitrogens with zero attached hydrogens (tertiary/aromatic N) is 1. The van der Waals surface area contributed by atoms with Gasteiger partial charge in [-0.25, -0.2) is 0 Å². The van der Waals surface area contributed by atoms with Crippen molar-refractivity contribution in [2.45, 2.75) is 31.6 Å². The van der Waals surface area contributed by atoms with E-state index < -0.39 is 0 Å². The predicted octanol–water partition coefficient (Wildman–Crippen LogP) is 4.86. The maximum absolute atomic E-state index is 11.4. The Kier molecular flexibility index (Phi) is 2.28. The molecule has 3 aliphatic carbocycles. The summed E-state index contributed by atoms with van der Waals surface area (Å²) in [7, 11) is 0. The lowest BCUT2D eigenvalue weighted by Crippen LogP contribution is -2.20. The Labute approximate surface area is 116 Å². The molecule has 3 nitrogen and oxygen atoms in total. The highest BCUT2D eigenvalue weighted by molar-refractivity contribution is 6.00. The summed E-state index contributed by atoms with van der Waals surface area (Å²) in [5, 5.41) is 15.5. The zero-order valence-corrected chi connectivity index (χ0v) is 11.3. The molecule has 100 valence electrons. The lowest BCUT2D eigenvalue weighted by Gasteiger charge is -2.38. The fourth-order valence-corrected chi connectivity index (χ4v) is 3.96. The van der Waals surface area contributed by atoms with Gasteiger partial charge in [0.25, 0.3) is 0 Å². The molecular weight excluding hydrogens is 250 g/mol. The van der Waals surface area contributed by atoms with E-state index in [2.05, 4.69) is 18.2 Å². The highest BCUT2D eigenvalue weighted by Crippen LogP contribution is 2.57. The van der Waals surface area contributed by atoms with E-state index >= 15 is 0 Å². The number of hydrogen-bond donors (Lipinski definition) is 1. The van der Waals surface area contributed by atoms with Gasteiger partial charge in [0.1, 0.15) is 11.4 Å². The number of phenols is 1. The third-order valence-corrected chi connectivity index (χ3v) is 4.83. The van der Waals surface area contributed by atoms with Gasteiger partial charge in [0, 0.05) is 28.2 Å². The second-order valence-electron chi connectivity index (χ2n) is 5.81. The van der Waals surface area contributed by atoms with Crippen molar-refractivity contribution in [2.24, 2.45) is 5.18 Å². The van der Waals surface area contributed by atoms with Crippen molar-refractivity contribution in [1.29, 1.82) is 0 Å². The first-order valence-electron chi connectivity index (χ1n) is 7.01. The maximum Gasteiger partial charge on any atom is 0.127 e. The lowest BCUT2D eigenvalue weighted by atomic mass is 9.66. The third kappa shape index (κ3) is 1.30. The molecule has 0 saturated heterocycles. The van der Waals surface area contributed by atoms with E-state index in [1.165, 1.54) is 5.57 Å². The van der Waals surface area contributed by atoms with Crippen molar-refractivity contribution in [2.75, 3.05) is 0 Å². The highest BCUT2D eigenvalue weighted by atomic mass is 16.3. The second kappa shape index (κ2) is 3.92. The summed E-state index contributed by atoms with van der Waals surface area (Å²) >= 11 is 0. The van der Waals surface area contributed by atoms with Crippen LogP contribution in [0.4, 0.5) is 5.69 Å². The van der Waals surface area contributed by atoms with Crippen molar-refractivity contribution in [3.8, 4) is 5.75 Å². The average Bonchev–Trinajstić information content (AvgIpc) is 2.48. The minimum atomic E-state index is 0.222. The van der Waals surface area contributed by atoms with E-state index in [-0.39, 0.29) is 11.8 Å². The van der Waals surface area contributed by atoms with E-state index in [4.69, 9.17) is 0 Å². The van der Waals surface area contributed by atoms with Crippen LogP contribution in [-0.2, 0) is 0 Å². The Hall–Kier alpha value is -2.16. The summed E-state index contributed by atoms with van der Waals surface area (Å²) < 4.78 is 0. The van der Waals surface area contributed by atoms with Crippen molar-refractivity contribution in [3.05, 3.63) is 51.9 Å². The predicted molar refractivity (Wildman–Crippen MR) is 79.5 cm³/mol. The number of rotatable bonds is 1. The zero-order chi connectivity index (χ0) is 13.9. The SMILES string of the molecule is CC1=C[C@@H]2CC[C@H]1c1c2c(O)c2ccccc2c1N=O. The molecule has 0 aromatic heterocycles. The molecule has 0 heterocycles. The molecule has 2 aromatic carbocycles. The first-order chi connectivity index (χ1) is 9.72. The number of allylic oxidation sites excluding steroid dienone is 2. The Morgan fingerprint density at radius 1 is 1.15 bits per heavy atom. The van der Waals surface area contributed by atoms with Crippen LogP contribution in [0.2, 0.25) is 0 Å². The molecule has 2 atom stereocenters. The van der Waals surface area contributed by atoms with Crippen molar-refractivity contribution >= 4 is 16.5 Å². The van der Waals surface area contributed by atoms with Crippen LogP contribution in [0, 0.1) is 4.91 Å². The first-order valence-corrected chi connectivity index (χ1v) is 7.01. The van der Waals surface area contributed by atoms with Gasteiger partial charge in [-0.05, 0) is 30.5 Å². The molecular formula is C17H15NO2. The fraction of sp³-hybridized carbons (Fsp3) is 0.294. The van der Waals surface area contributed by atoms with Crippen LogP contribution in [-0.4, -0.2) is 5.11 Å². The normalized spacial score (nSPS) is 23.6. The summed E-state index contributed by atoms with van der Waals surface area (Å²) in [5.41, 5.74) is 3.72. The van der Waals surface area contributed by atoms with Crippen LogP contribution in [0.15, 0.2) is 41.1 Å². The van der Waals surface area contributed by atoms with E-state index in [1.54, 1.807) is 0 Å². The summed E-state index contributed by atoms with van der Waals surface area (Å²) in [5.74, 6) is 0.791. The van der Waals surface area contributed by atoms with Crippen molar-refractivity contribution in [3.63, 3.8) is 0 Å². The number of hydrogen-bond acceptors (Lipinski definition) is 3. The molecule has 1 N–H and O–H groups in total. The van der Waals surface area contributed by atoms with E-state index in [1.807, 2.05) is 24.3 Å². The average molecular weight is 265 g/mol. The number of fused-ring (bicyclic) bond motifs is 2. The Morgan fingerprint density at radius 3 is 2.60 bits per heavy atom. The molecule has 0 radical (unpaired) electrons. The van der Waals surface area contributed by atoms with Gasteiger partial charge in [0.05, 0.1) is 0 Å². The summed E-state index contributed by atoms with van der Waals surface area (Å²) in [6, 6.07) is 7.49. The van der Waals surface area contributed by atoms with Crippen LogP contribution in [0.5, 0.6) is 5.75 Å². The quantitative estimate of drug-likeness (QED) is 0.591. The van der Waals surface area contributed by atoms with Gasteiger partial charge >= 0.3 is 0 Å². The molecule has 0 aliphatic heterocycles. The van der Waals surface area contributed by atoms with Gasteiger partial charge in [-0.15, -0.1) is 4.91 Å². The monoisotopic (exact) mass is 265 g/mol. The number of benzene rings is 2. The fourth-order valence-electron chi connectivity index (χ4n) is 3.96. The van der Waals surface area contributed by atoms with Gasteiger partial charge in [-0.3, -0.25) is 0 Å². The molecule has 3 aliphatic rings. The van der Waals surface area contributed by atoms with Gasteiger partial charge in [-0.2, -0.15) is 0 Å². The van der Waals surface area contributed by atoms with Gasteiger partial charge < -0.3 is 5.11 Å². The van der Waals surface area contributed by atoms with Crippen molar-refractivity contribution < 1.29 is 5.11 Å². The van der Waals surface area contributed by atoms with Crippen LogP contribution < -0.4 is 0 Å². The largest absolute Gasteiger partial charge is 0.507 e. The van der Waals surface area contributed by atoms with Crippen LogP contribution in [0.25, 0.3) is 10.8 Å². The van der Waals surface area contributed by atoms with Crippen LogP contribution >= 0.6 is 0 Å². The van der Waals surface area contributed by atoms with E-state index in [9.17, 15) is 10.0 Å². The molecule has 2 bridgehead atoms. The Bertz CT molecular complexity index is 776. The maximum atomic E-state index is 11.4. The highest BCUT2D eigenvalue weighted by Gasteiger charge is 2.37. The summed E-state index contributed by atoms with van der Waals surface area (Å²) in [6.07, 6.45) is 4.32. The third-order valence-electron chi connectivity index (χ3n) is 4.83. The van der Waals surface area contributed by atoms with Gasteiger partial charge in [-0.1, -0.05) is 35.9 Å². The molecule has 5 rings (SSSR count). The number of nitroso groups, excluding NO2 is 1. The summed E-state index contributed by atoms with van der Waals surface area (Å²) in [6.45, 7) is 2.11. The molecule has 0 unspecified atom stereocenters. The number of phenolic OH excluding ortho intramolecular Hbond substituents is 1. The molecule has 2 aromatic rings. The first kappa shape index (κ1) is 11.6. The zero-order valence-electron chi connectivity index (χ0n) is 11.3. The van der Waals surface area contributed by atoms with E-state index in [0.717, 1.165) is 34.7 Å². The van der Waals surface area contributed by atoms with E-state index in [0.29, 0.717) is 11.4 Å². The Balaban J connectivity index is 2.19. The molecule has 0 spiro atoms. The minimum Gasteiger partial charge on any atom is -0.507 e.